The Morgan fingerprint density at radius 2 is 1.90 bits per heavy atom. The minimum Gasteiger partial charge on any atom is -0.493 e. The number of ether oxygens (including phenoxy) is 1. The van der Waals surface area contributed by atoms with E-state index in [0.29, 0.717) is 22.2 Å². The highest BCUT2D eigenvalue weighted by atomic mass is 35.5. The Bertz CT molecular complexity index is 678. The van der Waals surface area contributed by atoms with Crippen molar-refractivity contribution in [3.63, 3.8) is 0 Å². The molecule has 2 rings (SSSR count). The first kappa shape index (κ1) is 15.6. The molecule has 0 heterocycles. The van der Waals surface area contributed by atoms with E-state index in [0.717, 1.165) is 11.3 Å². The van der Waals surface area contributed by atoms with Crippen LogP contribution >= 0.6 is 23.2 Å². The van der Waals surface area contributed by atoms with Gasteiger partial charge in [0.25, 0.3) is 0 Å². The van der Waals surface area contributed by atoms with Gasteiger partial charge in [-0.05, 0) is 43.3 Å². The largest absolute Gasteiger partial charge is 0.493 e. The highest BCUT2D eigenvalue weighted by Crippen LogP contribution is 2.24. The Labute approximate surface area is 134 Å². The molecular formula is C17H14Cl2O2. The van der Waals surface area contributed by atoms with Crippen LogP contribution in [0.4, 0.5) is 0 Å². The third-order valence-corrected chi connectivity index (χ3v) is 3.58. The van der Waals surface area contributed by atoms with Crippen LogP contribution in [0.1, 0.15) is 22.8 Å². The average Bonchev–Trinajstić information content (AvgIpc) is 2.49. The van der Waals surface area contributed by atoms with Gasteiger partial charge >= 0.3 is 0 Å². The van der Waals surface area contributed by atoms with Crippen molar-refractivity contribution < 1.29 is 9.53 Å². The van der Waals surface area contributed by atoms with Crippen LogP contribution in [-0.4, -0.2) is 12.4 Å². The molecule has 2 aromatic carbocycles. The number of halogens is 2. The monoisotopic (exact) mass is 320 g/mol. The molecule has 0 saturated carbocycles. The summed E-state index contributed by atoms with van der Waals surface area (Å²) < 4.78 is 5.51. The van der Waals surface area contributed by atoms with Crippen LogP contribution in [0.15, 0.2) is 48.5 Å². The van der Waals surface area contributed by atoms with E-state index in [2.05, 4.69) is 0 Å². The third kappa shape index (κ3) is 4.10. The lowest BCUT2D eigenvalue weighted by Crippen LogP contribution is -1.95. The Morgan fingerprint density at radius 1 is 1.14 bits per heavy atom. The minimum atomic E-state index is -0.139. The van der Waals surface area contributed by atoms with Crippen molar-refractivity contribution in [2.45, 2.75) is 6.92 Å². The maximum Gasteiger partial charge on any atom is 0.185 e. The van der Waals surface area contributed by atoms with Crippen LogP contribution in [0.25, 0.3) is 6.08 Å². The van der Waals surface area contributed by atoms with E-state index >= 15 is 0 Å². The SMILES string of the molecule is CCOc1ccccc1/C=C/C(=O)c1ccc(Cl)c(Cl)c1. The summed E-state index contributed by atoms with van der Waals surface area (Å²) >= 11 is 11.7. The van der Waals surface area contributed by atoms with Crippen molar-refractivity contribution in [3.05, 3.63) is 69.7 Å². The number of carbonyl (C=O) groups is 1. The molecule has 0 amide bonds. The van der Waals surface area contributed by atoms with E-state index in [-0.39, 0.29) is 5.78 Å². The average molecular weight is 321 g/mol. The van der Waals surface area contributed by atoms with Gasteiger partial charge in [-0.15, -0.1) is 0 Å². The number of benzene rings is 2. The Kier molecular flexibility index (Phi) is 5.43. The third-order valence-electron chi connectivity index (χ3n) is 2.84. The summed E-state index contributed by atoms with van der Waals surface area (Å²) in [4.78, 5) is 12.1. The number of hydrogen-bond donors (Lipinski definition) is 0. The molecule has 0 spiro atoms. The second-order valence-corrected chi connectivity index (χ2v) is 5.11. The number of carbonyl (C=O) groups excluding carboxylic acids is 1. The highest BCUT2D eigenvalue weighted by Gasteiger charge is 2.06. The summed E-state index contributed by atoms with van der Waals surface area (Å²) in [6, 6.07) is 12.4. The first-order valence-corrected chi connectivity index (χ1v) is 7.26. The zero-order chi connectivity index (χ0) is 15.2. The topological polar surface area (TPSA) is 26.3 Å². The minimum absolute atomic E-state index is 0.139. The van der Waals surface area contributed by atoms with E-state index in [1.807, 2.05) is 31.2 Å². The fraction of sp³-hybridized carbons (Fsp3) is 0.118. The number of para-hydroxylation sites is 1. The lowest BCUT2D eigenvalue weighted by Gasteiger charge is -2.06. The van der Waals surface area contributed by atoms with Gasteiger partial charge in [0.15, 0.2) is 5.78 Å². The van der Waals surface area contributed by atoms with Crippen molar-refractivity contribution in [3.8, 4) is 5.75 Å². The summed E-state index contributed by atoms with van der Waals surface area (Å²) in [7, 11) is 0. The van der Waals surface area contributed by atoms with Crippen LogP contribution in [0.3, 0.4) is 0 Å². The molecule has 21 heavy (non-hydrogen) atoms. The maximum atomic E-state index is 12.1. The van der Waals surface area contributed by atoms with Crippen molar-refractivity contribution in [1.82, 2.24) is 0 Å². The van der Waals surface area contributed by atoms with Gasteiger partial charge in [-0.25, -0.2) is 0 Å². The zero-order valence-electron chi connectivity index (χ0n) is 11.5. The zero-order valence-corrected chi connectivity index (χ0v) is 13.0. The standard InChI is InChI=1S/C17H14Cl2O2/c1-2-21-17-6-4-3-5-12(17)8-10-16(20)13-7-9-14(18)15(19)11-13/h3-11H,2H2,1H3/b10-8+. The summed E-state index contributed by atoms with van der Waals surface area (Å²) in [5.74, 6) is 0.609. The number of ketones is 1. The molecule has 108 valence electrons. The van der Waals surface area contributed by atoms with Gasteiger partial charge in [0, 0.05) is 11.1 Å². The van der Waals surface area contributed by atoms with Gasteiger partial charge in [-0.1, -0.05) is 41.4 Å². The Balaban J connectivity index is 2.20. The first-order valence-electron chi connectivity index (χ1n) is 6.51. The Morgan fingerprint density at radius 3 is 2.62 bits per heavy atom. The molecule has 0 radical (unpaired) electrons. The van der Waals surface area contributed by atoms with Gasteiger partial charge in [-0.2, -0.15) is 0 Å². The fourth-order valence-electron chi connectivity index (χ4n) is 1.82. The predicted octanol–water partition coefficient (Wildman–Crippen LogP) is 5.29. The summed E-state index contributed by atoms with van der Waals surface area (Å²) in [6.07, 6.45) is 3.23. The highest BCUT2D eigenvalue weighted by molar-refractivity contribution is 6.42. The van der Waals surface area contributed by atoms with E-state index < -0.39 is 0 Å². The molecule has 2 nitrogen and oxygen atoms in total. The molecule has 0 aliphatic heterocycles. The molecule has 0 bridgehead atoms. The van der Waals surface area contributed by atoms with Crippen molar-refractivity contribution in [1.29, 1.82) is 0 Å². The van der Waals surface area contributed by atoms with E-state index in [1.165, 1.54) is 6.08 Å². The maximum absolute atomic E-state index is 12.1. The molecular weight excluding hydrogens is 307 g/mol. The second kappa shape index (κ2) is 7.30. The van der Waals surface area contributed by atoms with Crippen LogP contribution in [0.2, 0.25) is 10.0 Å². The van der Waals surface area contributed by atoms with Gasteiger partial charge in [0.2, 0.25) is 0 Å². The summed E-state index contributed by atoms with van der Waals surface area (Å²) in [5.41, 5.74) is 1.35. The lowest BCUT2D eigenvalue weighted by molar-refractivity contribution is 0.104. The molecule has 0 aromatic heterocycles. The fourth-order valence-corrected chi connectivity index (χ4v) is 2.11. The normalized spacial score (nSPS) is 10.8. The van der Waals surface area contributed by atoms with Gasteiger partial charge in [0.1, 0.15) is 5.75 Å². The number of hydrogen-bond acceptors (Lipinski definition) is 2. The van der Waals surface area contributed by atoms with E-state index in [9.17, 15) is 4.79 Å². The number of rotatable bonds is 5. The molecule has 0 atom stereocenters. The number of allylic oxidation sites excluding steroid dienone is 1. The van der Waals surface area contributed by atoms with Gasteiger partial charge < -0.3 is 4.74 Å². The molecule has 0 aliphatic carbocycles. The van der Waals surface area contributed by atoms with Gasteiger partial charge in [-0.3, -0.25) is 4.79 Å². The van der Waals surface area contributed by atoms with Crippen molar-refractivity contribution >= 4 is 35.1 Å². The lowest BCUT2D eigenvalue weighted by atomic mass is 10.1. The van der Waals surface area contributed by atoms with E-state index in [4.69, 9.17) is 27.9 Å². The molecule has 4 heteroatoms. The first-order chi connectivity index (χ1) is 10.1. The molecule has 0 unspecified atom stereocenters. The summed E-state index contributed by atoms with van der Waals surface area (Å²) in [5, 5.41) is 0.796. The quantitative estimate of drug-likeness (QED) is 0.552. The van der Waals surface area contributed by atoms with Crippen LogP contribution in [0, 0.1) is 0 Å². The smallest absolute Gasteiger partial charge is 0.185 e. The molecule has 0 fully saturated rings. The van der Waals surface area contributed by atoms with E-state index in [1.54, 1.807) is 24.3 Å². The Hall–Kier alpha value is -1.77. The second-order valence-electron chi connectivity index (χ2n) is 4.30. The van der Waals surface area contributed by atoms with Crippen LogP contribution in [0.5, 0.6) is 5.75 Å². The van der Waals surface area contributed by atoms with Crippen LogP contribution in [-0.2, 0) is 0 Å². The molecule has 2 aromatic rings. The predicted molar refractivity (Wildman–Crippen MR) is 87.4 cm³/mol. The van der Waals surface area contributed by atoms with Crippen LogP contribution < -0.4 is 4.74 Å². The molecule has 0 aliphatic rings. The van der Waals surface area contributed by atoms with Crippen molar-refractivity contribution in [2.24, 2.45) is 0 Å². The summed E-state index contributed by atoms with van der Waals surface area (Å²) in [6.45, 7) is 2.49. The van der Waals surface area contributed by atoms with Gasteiger partial charge in [0.05, 0.1) is 16.7 Å². The molecule has 0 N–H and O–H groups in total. The van der Waals surface area contributed by atoms with Crippen molar-refractivity contribution in [2.75, 3.05) is 6.61 Å². The molecule has 0 saturated heterocycles.